The highest BCUT2D eigenvalue weighted by atomic mass is 35.5. The summed E-state index contributed by atoms with van der Waals surface area (Å²) in [4.78, 5) is 19.5. The Kier molecular flexibility index (Phi) is 3.93. The number of aromatic amines is 1. The molecule has 0 saturated heterocycles. The molecule has 1 aromatic rings. The first-order valence-electron chi connectivity index (χ1n) is 5.05. The summed E-state index contributed by atoms with van der Waals surface area (Å²) in [6, 6.07) is 0. The van der Waals surface area contributed by atoms with Crippen molar-refractivity contribution in [3.8, 4) is 0 Å². The van der Waals surface area contributed by atoms with Gasteiger partial charge in [-0.1, -0.05) is 11.6 Å². The van der Waals surface area contributed by atoms with Crippen LogP contribution in [-0.2, 0) is 0 Å². The van der Waals surface area contributed by atoms with Crippen LogP contribution < -0.4 is 10.5 Å². The lowest BCUT2D eigenvalue weighted by Crippen LogP contribution is -2.39. The molecule has 0 amide bonds. The van der Waals surface area contributed by atoms with Gasteiger partial charge in [-0.2, -0.15) is 0 Å². The minimum Gasteiger partial charge on any atom is -0.389 e. The minimum atomic E-state index is -0.871. The normalized spacial score (nSPS) is 11.6. The van der Waals surface area contributed by atoms with Gasteiger partial charge < -0.3 is 15.0 Å². The van der Waals surface area contributed by atoms with E-state index in [-0.39, 0.29) is 10.6 Å². The summed E-state index contributed by atoms with van der Waals surface area (Å²) >= 11 is 5.87. The third kappa shape index (κ3) is 3.21. The lowest BCUT2D eigenvalue weighted by Gasteiger charge is -2.29. The Hall–Kier alpha value is -1.07. The number of aliphatic hydroxyl groups is 1. The van der Waals surface area contributed by atoms with Crippen molar-refractivity contribution in [3.63, 3.8) is 0 Å². The Balaban J connectivity index is 3.05. The van der Waals surface area contributed by atoms with Crippen LogP contribution in [0.5, 0.6) is 0 Å². The number of H-pyrrole nitrogens is 1. The van der Waals surface area contributed by atoms with Crippen molar-refractivity contribution in [1.82, 2.24) is 9.97 Å². The number of halogens is 1. The van der Waals surface area contributed by atoms with E-state index in [0.29, 0.717) is 18.9 Å². The second kappa shape index (κ2) is 4.84. The average Bonchev–Trinajstić information content (AvgIpc) is 2.18. The van der Waals surface area contributed by atoms with Gasteiger partial charge in [0.1, 0.15) is 5.02 Å². The van der Waals surface area contributed by atoms with Crippen LogP contribution in [0.1, 0.15) is 20.8 Å². The second-order valence-electron chi connectivity index (χ2n) is 4.20. The second-order valence-corrected chi connectivity index (χ2v) is 4.57. The van der Waals surface area contributed by atoms with E-state index in [2.05, 4.69) is 9.97 Å². The maximum Gasteiger partial charge on any atom is 0.271 e. The van der Waals surface area contributed by atoms with Crippen LogP contribution in [0.4, 0.5) is 5.82 Å². The number of hydrogen-bond acceptors (Lipinski definition) is 4. The van der Waals surface area contributed by atoms with Gasteiger partial charge >= 0.3 is 0 Å². The number of nitrogens with one attached hydrogen (secondary N) is 1. The van der Waals surface area contributed by atoms with Gasteiger partial charge in [0.25, 0.3) is 5.56 Å². The molecule has 0 radical (unpaired) electrons. The van der Waals surface area contributed by atoms with Gasteiger partial charge in [0.2, 0.25) is 0 Å². The summed E-state index contributed by atoms with van der Waals surface area (Å²) in [6.07, 6.45) is 1.30. The largest absolute Gasteiger partial charge is 0.389 e. The zero-order valence-corrected chi connectivity index (χ0v) is 10.4. The van der Waals surface area contributed by atoms with E-state index in [4.69, 9.17) is 11.6 Å². The first kappa shape index (κ1) is 13.0. The van der Waals surface area contributed by atoms with Crippen LogP contribution in [0.15, 0.2) is 11.1 Å². The van der Waals surface area contributed by atoms with Crippen LogP contribution in [0.2, 0.25) is 5.02 Å². The maximum atomic E-state index is 11.3. The van der Waals surface area contributed by atoms with Crippen LogP contribution in [0, 0.1) is 0 Å². The molecule has 0 spiro atoms. The highest BCUT2D eigenvalue weighted by Gasteiger charge is 2.20. The van der Waals surface area contributed by atoms with Crippen LogP contribution in [-0.4, -0.2) is 33.8 Å². The molecule has 16 heavy (non-hydrogen) atoms. The number of aromatic nitrogens is 2. The molecule has 1 rings (SSSR count). The fourth-order valence-electron chi connectivity index (χ4n) is 1.40. The molecular formula is C10H16ClN3O2. The molecule has 1 aromatic heterocycles. The molecule has 0 bridgehead atoms. The SMILES string of the molecule is CCN(CC(C)(C)O)c1nc[nH]c(=O)c1Cl. The first-order chi connectivity index (χ1) is 7.35. The fourth-order valence-corrected chi connectivity index (χ4v) is 1.62. The lowest BCUT2D eigenvalue weighted by molar-refractivity contribution is 0.0874. The van der Waals surface area contributed by atoms with Gasteiger partial charge in [0.15, 0.2) is 5.82 Å². The van der Waals surface area contributed by atoms with Gasteiger partial charge in [-0.25, -0.2) is 4.98 Å². The third-order valence-corrected chi connectivity index (χ3v) is 2.38. The number of likely N-dealkylation sites (N-methyl/N-ethyl adjacent to an activating group) is 1. The summed E-state index contributed by atoms with van der Waals surface area (Å²) in [5.74, 6) is 0.398. The van der Waals surface area contributed by atoms with Crippen LogP contribution in [0.25, 0.3) is 0 Å². The Morgan fingerprint density at radius 3 is 2.75 bits per heavy atom. The summed E-state index contributed by atoms with van der Waals surface area (Å²) in [5.41, 5.74) is -1.25. The molecular weight excluding hydrogens is 230 g/mol. The van der Waals surface area contributed by atoms with E-state index < -0.39 is 5.60 Å². The first-order valence-corrected chi connectivity index (χ1v) is 5.43. The lowest BCUT2D eigenvalue weighted by atomic mass is 10.1. The van der Waals surface area contributed by atoms with Gasteiger partial charge in [0.05, 0.1) is 11.9 Å². The summed E-state index contributed by atoms with van der Waals surface area (Å²) < 4.78 is 0. The van der Waals surface area contributed by atoms with E-state index in [0.717, 1.165) is 0 Å². The Morgan fingerprint density at radius 2 is 2.25 bits per heavy atom. The Labute approximate surface area is 99.1 Å². The molecule has 2 N–H and O–H groups in total. The maximum absolute atomic E-state index is 11.3. The minimum absolute atomic E-state index is 0.0496. The molecule has 0 atom stereocenters. The zero-order valence-electron chi connectivity index (χ0n) is 9.62. The third-order valence-electron chi connectivity index (χ3n) is 2.04. The van der Waals surface area contributed by atoms with Crippen molar-refractivity contribution in [3.05, 3.63) is 21.7 Å². The molecule has 6 heteroatoms. The van der Waals surface area contributed by atoms with E-state index in [1.165, 1.54) is 6.33 Å². The van der Waals surface area contributed by atoms with Crippen molar-refractivity contribution in [2.75, 3.05) is 18.0 Å². The van der Waals surface area contributed by atoms with Crippen molar-refractivity contribution in [1.29, 1.82) is 0 Å². The topological polar surface area (TPSA) is 69.2 Å². The summed E-state index contributed by atoms with van der Waals surface area (Å²) in [5, 5.41) is 9.79. The highest BCUT2D eigenvalue weighted by Crippen LogP contribution is 2.20. The van der Waals surface area contributed by atoms with E-state index >= 15 is 0 Å². The smallest absolute Gasteiger partial charge is 0.271 e. The molecule has 0 aliphatic heterocycles. The standard InChI is InChI=1S/C10H16ClN3O2/c1-4-14(5-10(2,3)16)8-7(11)9(15)13-6-12-8/h6,16H,4-5H2,1-3H3,(H,12,13,15). The molecule has 1 heterocycles. The monoisotopic (exact) mass is 245 g/mol. The molecule has 0 fully saturated rings. The number of hydrogen-bond donors (Lipinski definition) is 2. The Morgan fingerprint density at radius 1 is 1.62 bits per heavy atom. The molecule has 0 saturated carbocycles. The van der Waals surface area contributed by atoms with Gasteiger partial charge in [0, 0.05) is 13.1 Å². The quantitative estimate of drug-likeness (QED) is 0.831. The summed E-state index contributed by atoms with van der Waals surface area (Å²) in [7, 11) is 0. The van der Waals surface area contributed by atoms with Gasteiger partial charge in [-0.15, -0.1) is 0 Å². The average molecular weight is 246 g/mol. The van der Waals surface area contributed by atoms with E-state index in [9.17, 15) is 9.90 Å². The molecule has 90 valence electrons. The molecule has 0 aliphatic carbocycles. The highest BCUT2D eigenvalue weighted by molar-refractivity contribution is 6.32. The molecule has 0 unspecified atom stereocenters. The summed E-state index contributed by atoms with van der Waals surface area (Å²) in [6.45, 7) is 6.26. The molecule has 5 nitrogen and oxygen atoms in total. The Bertz CT molecular complexity index is 411. The molecule has 0 aromatic carbocycles. The molecule has 0 aliphatic rings. The van der Waals surface area contributed by atoms with E-state index in [1.807, 2.05) is 6.92 Å². The van der Waals surface area contributed by atoms with Gasteiger partial charge in [-0.05, 0) is 20.8 Å². The van der Waals surface area contributed by atoms with Crippen molar-refractivity contribution in [2.24, 2.45) is 0 Å². The van der Waals surface area contributed by atoms with E-state index in [1.54, 1.807) is 18.7 Å². The van der Waals surface area contributed by atoms with Crippen molar-refractivity contribution in [2.45, 2.75) is 26.4 Å². The number of anilines is 1. The predicted molar refractivity (Wildman–Crippen MR) is 64.1 cm³/mol. The van der Waals surface area contributed by atoms with Crippen molar-refractivity contribution < 1.29 is 5.11 Å². The number of rotatable bonds is 4. The van der Waals surface area contributed by atoms with Crippen molar-refractivity contribution >= 4 is 17.4 Å². The van der Waals surface area contributed by atoms with Gasteiger partial charge in [-0.3, -0.25) is 4.79 Å². The fraction of sp³-hybridized carbons (Fsp3) is 0.600. The number of nitrogens with zero attached hydrogens (tertiary/aromatic N) is 2. The van der Waals surface area contributed by atoms with Crippen LogP contribution in [0.3, 0.4) is 0 Å². The predicted octanol–water partition coefficient (Wildman–Crippen LogP) is 1.02. The zero-order chi connectivity index (χ0) is 12.3. The van der Waals surface area contributed by atoms with Crippen LogP contribution >= 0.6 is 11.6 Å².